The maximum absolute atomic E-state index is 12.5. The second-order valence-corrected chi connectivity index (χ2v) is 9.00. The largest absolute Gasteiger partial charge is 0.478 e. The van der Waals surface area contributed by atoms with Gasteiger partial charge >= 0.3 is 5.97 Å². The van der Waals surface area contributed by atoms with E-state index in [1.165, 1.54) is 30.0 Å². The first-order valence-corrected chi connectivity index (χ1v) is 11.0. The van der Waals surface area contributed by atoms with Gasteiger partial charge in [0.05, 0.1) is 21.4 Å². The first-order chi connectivity index (χ1) is 15.2. The summed E-state index contributed by atoms with van der Waals surface area (Å²) in [6.07, 6.45) is 0. The molecular weight excluding hydrogens is 471 g/mol. The van der Waals surface area contributed by atoms with Crippen molar-refractivity contribution in [1.29, 1.82) is 0 Å². The van der Waals surface area contributed by atoms with Crippen LogP contribution < -0.4 is 10.6 Å². The van der Waals surface area contributed by atoms with Crippen LogP contribution >= 0.6 is 35.0 Å². The molecule has 0 saturated carbocycles. The highest BCUT2D eigenvalue weighted by atomic mass is 35.5. The maximum Gasteiger partial charge on any atom is 0.335 e. The lowest BCUT2D eigenvalue weighted by Gasteiger charge is -2.13. The predicted molar refractivity (Wildman–Crippen MR) is 128 cm³/mol. The molecule has 0 aliphatic rings. The zero-order valence-corrected chi connectivity index (χ0v) is 19.1. The number of hydrogen-bond donors (Lipinski definition) is 3. The van der Waals surface area contributed by atoms with Crippen LogP contribution in [-0.4, -0.2) is 28.1 Å². The number of anilines is 2. The van der Waals surface area contributed by atoms with Crippen molar-refractivity contribution < 1.29 is 19.5 Å². The van der Waals surface area contributed by atoms with Crippen LogP contribution in [0.3, 0.4) is 0 Å². The van der Waals surface area contributed by atoms with Crippen molar-refractivity contribution in [1.82, 2.24) is 0 Å². The molecule has 6 nitrogen and oxygen atoms in total. The molecule has 9 heteroatoms. The summed E-state index contributed by atoms with van der Waals surface area (Å²) in [6, 6.07) is 17.7. The van der Waals surface area contributed by atoms with Crippen LogP contribution in [0.25, 0.3) is 0 Å². The Morgan fingerprint density at radius 3 is 2.28 bits per heavy atom. The highest BCUT2D eigenvalue weighted by Crippen LogP contribution is 2.28. The Hall–Kier alpha value is -3.00. The highest BCUT2D eigenvalue weighted by molar-refractivity contribution is 8.00. The summed E-state index contributed by atoms with van der Waals surface area (Å²) < 4.78 is 0. The Morgan fingerprint density at radius 1 is 0.906 bits per heavy atom. The second-order valence-electron chi connectivity index (χ2n) is 6.74. The summed E-state index contributed by atoms with van der Waals surface area (Å²) in [6.45, 7) is 1.74. The van der Waals surface area contributed by atoms with Crippen molar-refractivity contribution in [3.05, 3.63) is 87.9 Å². The molecule has 0 fully saturated rings. The molecular formula is C23H18Cl2N2O4S. The molecule has 2 amide bonds. The average Bonchev–Trinajstić information content (AvgIpc) is 2.74. The van der Waals surface area contributed by atoms with Crippen LogP contribution in [0.15, 0.2) is 71.6 Å². The zero-order chi connectivity index (χ0) is 23.3. The first kappa shape index (κ1) is 23.7. The average molecular weight is 489 g/mol. The molecule has 0 aliphatic heterocycles. The summed E-state index contributed by atoms with van der Waals surface area (Å²) in [7, 11) is 0. The minimum absolute atomic E-state index is 0.0901. The molecule has 1 atom stereocenters. The van der Waals surface area contributed by atoms with E-state index in [1.54, 1.807) is 49.4 Å². The number of benzene rings is 3. The summed E-state index contributed by atoms with van der Waals surface area (Å²) >= 11 is 13.3. The van der Waals surface area contributed by atoms with Crippen molar-refractivity contribution >= 4 is 64.1 Å². The van der Waals surface area contributed by atoms with Crippen LogP contribution in [0, 0.1) is 0 Å². The predicted octanol–water partition coefficient (Wildman–Crippen LogP) is 6.06. The van der Waals surface area contributed by atoms with E-state index in [4.69, 9.17) is 28.3 Å². The minimum atomic E-state index is -1.07. The van der Waals surface area contributed by atoms with Gasteiger partial charge in [0.1, 0.15) is 0 Å². The molecule has 0 bridgehead atoms. The molecule has 1 unspecified atom stereocenters. The van der Waals surface area contributed by atoms with Crippen LogP contribution in [-0.2, 0) is 4.79 Å². The molecule has 3 rings (SSSR count). The Balaban J connectivity index is 1.64. The lowest BCUT2D eigenvalue weighted by atomic mass is 10.2. The van der Waals surface area contributed by atoms with E-state index < -0.39 is 11.2 Å². The molecule has 0 aliphatic carbocycles. The van der Waals surface area contributed by atoms with Gasteiger partial charge in [0.2, 0.25) is 5.91 Å². The van der Waals surface area contributed by atoms with Crippen LogP contribution in [0.5, 0.6) is 0 Å². The second kappa shape index (κ2) is 10.5. The third-order valence-electron chi connectivity index (χ3n) is 4.33. The van der Waals surface area contributed by atoms with Gasteiger partial charge < -0.3 is 15.7 Å². The monoisotopic (exact) mass is 488 g/mol. The summed E-state index contributed by atoms with van der Waals surface area (Å²) in [5.41, 5.74) is 1.34. The fourth-order valence-corrected chi connectivity index (χ4v) is 4.17. The standard InChI is InChI=1S/C23H18Cl2N2O4S/c1-13(21(28)26-16-5-2-4-14(10-16)23(30)31)32-18-7-3-6-17(12-18)27-22(29)19-9-8-15(24)11-20(19)25/h2-13H,1H3,(H,26,28)(H,27,29)(H,30,31). The molecule has 3 aromatic carbocycles. The molecule has 164 valence electrons. The number of carboxylic acid groups (broad SMARTS) is 1. The number of hydrogen-bond acceptors (Lipinski definition) is 4. The number of aromatic carboxylic acids is 1. The summed E-state index contributed by atoms with van der Waals surface area (Å²) in [5, 5.41) is 14.8. The van der Waals surface area contributed by atoms with E-state index in [-0.39, 0.29) is 22.4 Å². The zero-order valence-electron chi connectivity index (χ0n) is 16.8. The van der Waals surface area contributed by atoms with Gasteiger partial charge in [-0.05, 0) is 61.5 Å². The van der Waals surface area contributed by atoms with Crippen molar-refractivity contribution in [3.63, 3.8) is 0 Å². The van der Waals surface area contributed by atoms with Gasteiger partial charge in [-0.2, -0.15) is 0 Å². The molecule has 0 aromatic heterocycles. The van der Waals surface area contributed by atoms with E-state index in [0.717, 1.165) is 4.90 Å². The third-order valence-corrected chi connectivity index (χ3v) is 5.97. The van der Waals surface area contributed by atoms with Crippen molar-refractivity contribution in [2.75, 3.05) is 10.6 Å². The number of nitrogens with one attached hydrogen (secondary N) is 2. The van der Waals surface area contributed by atoms with E-state index in [0.29, 0.717) is 22.0 Å². The fourth-order valence-electron chi connectivity index (χ4n) is 2.75. The van der Waals surface area contributed by atoms with Gasteiger partial charge in [-0.25, -0.2) is 4.79 Å². The number of thioether (sulfide) groups is 1. The minimum Gasteiger partial charge on any atom is -0.478 e. The fraction of sp³-hybridized carbons (Fsp3) is 0.0870. The van der Waals surface area contributed by atoms with Crippen molar-refractivity contribution in [2.24, 2.45) is 0 Å². The van der Waals surface area contributed by atoms with Crippen molar-refractivity contribution in [3.8, 4) is 0 Å². The Labute approximate surface area is 198 Å². The summed E-state index contributed by atoms with van der Waals surface area (Å²) in [4.78, 5) is 36.9. The van der Waals surface area contributed by atoms with Crippen LogP contribution in [0.4, 0.5) is 11.4 Å². The molecule has 3 aromatic rings. The number of rotatable bonds is 7. The third kappa shape index (κ3) is 6.26. The number of carboxylic acids is 1. The lowest BCUT2D eigenvalue weighted by Crippen LogP contribution is -2.22. The van der Waals surface area contributed by atoms with E-state index in [2.05, 4.69) is 10.6 Å². The van der Waals surface area contributed by atoms with Crippen molar-refractivity contribution in [2.45, 2.75) is 17.1 Å². The van der Waals surface area contributed by atoms with E-state index >= 15 is 0 Å². The van der Waals surface area contributed by atoms with Gasteiger partial charge in [-0.1, -0.05) is 35.3 Å². The number of carbonyl (C=O) groups excluding carboxylic acids is 2. The first-order valence-electron chi connectivity index (χ1n) is 9.40. The molecule has 3 N–H and O–H groups in total. The van der Waals surface area contributed by atoms with Gasteiger partial charge in [0.25, 0.3) is 5.91 Å². The lowest BCUT2D eigenvalue weighted by molar-refractivity contribution is -0.115. The number of amides is 2. The summed E-state index contributed by atoms with van der Waals surface area (Å²) in [5.74, 6) is -1.72. The van der Waals surface area contributed by atoms with Crippen LogP contribution in [0.2, 0.25) is 10.0 Å². The SMILES string of the molecule is CC(Sc1cccc(NC(=O)c2ccc(Cl)cc2Cl)c1)C(=O)Nc1cccc(C(=O)O)c1. The number of halogens is 2. The Bertz CT molecular complexity index is 1190. The topological polar surface area (TPSA) is 95.5 Å². The molecule has 0 heterocycles. The Morgan fingerprint density at radius 2 is 1.59 bits per heavy atom. The van der Waals surface area contributed by atoms with Gasteiger partial charge in [-0.15, -0.1) is 11.8 Å². The van der Waals surface area contributed by atoms with E-state index in [1.807, 2.05) is 6.07 Å². The molecule has 0 radical (unpaired) electrons. The maximum atomic E-state index is 12.5. The molecule has 32 heavy (non-hydrogen) atoms. The quantitative estimate of drug-likeness (QED) is 0.351. The highest BCUT2D eigenvalue weighted by Gasteiger charge is 2.16. The van der Waals surface area contributed by atoms with Gasteiger partial charge in [0, 0.05) is 21.3 Å². The van der Waals surface area contributed by atoms with Crippen LogP contribution in [0.1, 0.15) is 27.6 Å². The van der Waals surface area contributed by atoms with E-state index in [9.17, 15) is 14.4 Å². The Kier molecular flexibility index (Phi) is 7.80. The normalized spacial score (nSPS) is 11.5. The molecule has 0 saturated heterocycles. The number of carbonyl (C=O) groups is 3. The van der Waals surface area contributed by atoms with Gasteiger partial charge in [-0.3, -0.25) is 9.59 Å². The molecule has 0 spiro atoms. The van der Waals surface area contributed by atoms with Gasteiger partial charge in [0.15, 0.2) is 0 Å². The smallest absolute Gasteiger partial charge is 0.335 e.